The van der Waals surface area contributed by atoms with Gasteiger partial charge in [0.05, 0.1) is 5.02 Å². The molecular weight excluding hydrogens is 291 g/mol. The molecule has 1 aromatic carbocycles. The molecule has 1 aromatic heterocycles. The molecule has 0 atom stereocenters. The summed E-state index contributed by atoms with van der Waals surface area (Å²) in [5, 5.41) is -0.0883. The van der Waals surface area contributed by atoms with Gasteiger partial charge in [0.25, 0.3) is 0 Å². The summed E-state index contributed by atoms with van der Waals surface area (Å²) in [7, 11) is 0. The lowest BCUT2D eigenvalue weighted by Crippen LogP contribution is -2.18. The van der Waals surface area contributed by atoms with E-state index in [-0.39, 0.29) is 10.6 Å². The first-order chi connectivity index (χ1) is 9.40. The molecule has 2 rings (SSSR count). The highest BCUT2D eigenvalue weighted by Crippen LogP contribution is 2.39. The number of para-hydroxylation sites is 1. The first-order valence-electron chi connectivity index (χ1n) is 5.90. The van der Waals surface area contributed by atoms with Gasteiger partial charge in [-0.2, -0.15) is 0 Å². The molecule has 0 spiro atoms. The number of aromatic nitrogens is 1. The number of rotatable bonds is 3. The number of hydrogen-bond donors (Lipinski definition) is 0. The summed E-state index contributed by atoms with van der Waals surface area (Å²) in [6, 6.07) is 7.80. The summed E-state index contributed by atoms with van der Waals surface area (Å²) >= 11 is 5.82. The first kappa shape index (κ1) is 14.7. The molecule has 20 heavy (non-hydrogen) atoms. The SMILES string of the molecule is CCc1cc(-c2cccc(Cl)c2OC(F)(F)F)ccn1. The maximum Gasteiger partial charge on any atom is 0.573 e. The highest BCUT2D eigenvalue weighted by atomic mass is 35.5. The van der Waals surface area contributed by atoms with Crippen LogP contribution in [0.5, 0.6) is 5.75 Å². The van der Waals surface area contributed by atoms with Crippen molar-refractivity contribution in [1.82, 2.24) is 4.98 Å². The van der Waals surface area contributed by atoms with Gasteiger partial charge in [0.2, 0.25) is 0 Å². The Labute approximate surface area is 119 Å². The van der Waals surface area contributed by atoms with Crippen LogP contribution in [0.25, 0.3) is 11.1 Å². The summed E-state index contributed by atoms with van der Waals surface area (Å²) < 4.78 is 41.4. The number of aryl methyl sites for hydroxylation is 1. The summed E-state index contributed by atoms with van der Waals surface area (Å²) in [6.07, 6.45) is -2.56. The summed E-state index contributed by atoms with van der Waals surface area (Å²) in [5.74, 6) is -0.394. The quantitative estimate of drug-likeness (QED) is 0.807. The predicted molar refractivity (Wildman–Crippen MR) is 70.7 cm³/mol. The monoisotopic (exact) mass is 301 g/mol. The van der Waals surface area contributed by atoms with E-state index >= 15 is 0 Å². The van der Waals surface area contributed by atoms with Crippen molar-refractivity contribution in [2.75, 3.05) is 0 Å². The van der Waals surface area contributed by atoms with E-state index in [4.69, 9.17) is 11.6 Å². The third kappa shape index (κ3) is 3.42. The van der Waals surface area contributed by atoms with Crippen LogP contribution < -0.4 is 4.74 Å². The van der Waals surface area contributed by atoms with Gasteiger partial charge in [0, 0.05) is 17.5 Å². The summed E-state index contributed by atoms with van der Waals surface area (Å²) in [5.41, 5.74) is 1.64. The lowest BCUT2D eigenvalue weighted by molar-refractivity contribution is -0.274. The predicted octanol–water partition coefficient (Wildman–Crippen LogP) is 4.86. The Balaban J connectivity index is 2.53. The van der Waals surface area contributed by atoms with Gasteiger partial charge in [-0.05, 0) is 30.2 Å². The molecule has 0 aliphatic carbocycles. The molecule has 0 radical (unpaired) electrons. The van der Waals surface area contributed by atoms with Crippen molar-refractivity contribution in [2.24, 2.45) is 0 Å². The zero-order chi connectivity index (χ0) is 14.8. The fraction of sp³-hybridized carbons (Fsp3) is 0.214. The van der Waals surface area contributed by atoms with Crippen LogP contribution in [-0.4, -0.2) is 11.3 Å². The van der Waals surface area contributed by atoms with Gasteiger partial charge in [-0.25, -0.2) is 0 Å². The number of benzene rings is 1. The fourth-order valence-electron chi connectivity index (χ4n) is 1.79. The molecule has 0 aliphatic heterocycles. The fourth-order valence-corrected chi connectivity index (χ4v) is 2.01. The zero-order valence-corrected chi connectivity index (χ0v) is 11.3. The number of alkyl halides is 3. The minimum Gasteiger partial charge on any atom is -0.404 e. The van der Waals surface area contributed by atoms with Gasteiger partial charge >= 0.3 is 6.36 Å². The van der Waals surface area contributed by atoms with E-state index in [1.807, 2.05) is 6.92 Å². The maximum absolute atomic E-state index is 12.5. The molecule has 0 amide bonds. The number of halogens is 4. The van der Waals surface area contributed by atoms with Crippen LogP contribution in [0.15, 0.2) is 36.5 Å². The van der Waals surface area contributed by atoms with E-state index in [1.165, 1.54) is 12.1 Å². The van der Waals surface area contributed by atoms with E-state index in [2.05, 4.69) is 9.72 Å². The zero-order valence-electron chi connectivity index (χ0n) is 10.5. The van der Waals surface area contributed by atoms with Crippen molar-refractivity contribution < 1.29 is 17.9 Å². The standard InChI is InChI=1S/C14H11ClF3NO/c1-2-10-8-9(6-7-19-10)11-4-3-5-12(15)13(11)20-14(16,17)18/h3-8H,2H2,1H3. The van der Waals surface area contributed by atoms with Gasteiger partial charge in [-0.3, -0.25) is 4.98 Å². The van der Waals surface area contributed by atoms with Crippen molar-refractivity contribution in [3.05, 3.63) is 47.2 Å². The number of ether oxygens (including phenoxy) is 1. The van der Waals surface area contributed by atoms with E-state index in [1.54, 1.807) is 24.4 Å². The van der Waals surface area contributed by atoms with Crippen LogP contribution in [0.4, 0.5) is 13.2 Å². The number of pyridine rings is 1. The molecule has 0 aliphatic rings. The Morgan fingerprint density at radius 2 is 2.00 bits per heavy atom. The molecule has 0 saturated carbocycles. The molecule has 0 bridgehead atoms. The molecule has 2 aromatic rings. The molecule has 0 saturated heterocycles. The molecule has 0 fully saturated rings. The van der Waals surface area contributed by atoms with Gasteiger partial charge in [-0.15, -0.1) is 13.2 Å². The Kier molecular flexibility index (Phi) is 4.18. The molecule has 1 heterocycles. The molecule has 2 nitrogen and oxygen atoms in total. The topological polar surface area (TPSA) is 22.1 Å². The second-order valence-electron chi connectivity index (χ2n) is 4.05. The second kappa shape index (κ2) is 5.71. The smallest absolute Gasteiger partial charge is 0.404 e. The van der Waals surface area contributed by atoms with E-state index < -0.39 is 12.1 Å². The lowest BCUT2D eigenvalue weighted by atomic mass is 10.0. The van der Waals surface area contributed by atoms with Crippen molar-refractivity contribution >= 4 is 11.6 Å². The van der Waals surface area contributed by atoms with Crippen molar-refractivity contribution in [3.63, 3.8) is 0 Å². The normalized spacial score (nSPS) is 11.4. The molecular formula is C14H11ClF3NO. The van der Waals surface area contributed by atoms with Gasteiger partial charge in [0.1, 0.15) is 0 Å². The lowest BCUT2D eigenvalue weighted by Gasteiger charge is -2.15. The second-order valence-corrected chi connectivity index (χ2v) is 4.46. The average molecular weight is 302 g/mol. The molecule has 106 valence electrons. The molecule has 0 N–H and O–H groups in total. The Hall–Kier alpha value is -1.75. The van der Waals surface area contributed by atoms with Crippen molar-refractivity contribution in [3.8, 4) is 16.9 Å². The van der Waals surface area contributed by atoms with Crippen LogP contribution in [0, 0.1) is 0 Å². The minimum atomic E-state index is -4.79. The van der Waals surface area contributed by atoms with Crippen LogP contribution in [0.2, 0.25) is 5.02 Å². The van der Waals surface area contributed by atoms with Crippen LogP contribution in [0.3, 0.4) is 0 Å². The maximum atomic E-state index is 12.5. The van der Waals surface area contributed by atoms with Crippen LogP contribution >= 0.6 is 11.6 Å². The summed E-state index contributed by atoms with van der Waals surface area (Å²) in [4.78, 5) is 4.11. The van der Waals surface area contributed by atoms with Gasteiger partial charge in [-0.1, -0.05) is 30.7 Å². The van der Waals surface area contributed by atoms with Crippen LogP contribution in [0.1, 0.15) is 12.6 Å². The number of nitrogens with zero attached hydrogens (tertiary/aromatic N) is 1. The Morgan fingerprint density at radius 1 is 1.25 bits per heavy atom. The average Bonchev–Trinajstić information content (AvgIpc) is 2.40. The van der Waals surface area contributed by atoms with Crippen molar-refractivity contribution in [1.29, 1.82) is 0 Å². The third-order valence-corrected chi connectivity index (χ3v) is 2.97. The van der Waals surface area contributed by atoms with Gasteiger partial charge < -0.3 is 4.74 Å². The largest absolute Gasteiger partial charge is 0.573 e. The van der Waals surface area contributed by atoms with E-state index in [0.29, 0.717) is 12.0 Å². The molecule has 0 unspecified atom stereocenters. The van der Waals surface area contributed by atoms with Crippen molar-refractivity contribution in [2.45, 2.75) is 19.7 Å². The molecule has 6 heteroatoms. The number of hydrogen-bond acceptors (Lipinski definition) is 2. The van der Waals surface area contributed by atoms with Crippen LogP contribution in [-0.2, 0) is 6.42 Å². The third-order valence-electron chi connectivity index (χ3n) is 2.67. The summed E-state index contributed by atoms with van der Waals surface area (Å²) in [6.45, 7) is 1.91. The Bertz CT molecular complexity index is 614. The highest BCUT2D eigenvalue weighted by Gasteiger charge is 2.33. The first-order valence-corrected chi connectivity index (χ1v) is 6.28. The van der Waals surface area contributed by atoms with E-state index in [9.17, 15) is 13.2 Å². The Morgan fingerprint density at radius 3 is 2.65 bits per heavy atom. The minimum absolute atomic E-state index is 0.0883. The highest BCUT2D eigenvalue weighted by molar-refractivity contribution is 6.32. The van der Waals surface area contributed by atoms with Gasteiger partial charge in [0.15, 0.2) is 5.75 Å². The van der Waals surface area contributed by atoms with E-state index in [0.717, 1.165) is 5.69 Å².